The van der Waals surface area contributed by atoms with Gasteiger partial charge in [-0.3, -0.25) is 9.59 Å². The van der Waals surface area contributed by atoms with Gasteiger partial charge in [0, 0.05) is 19.5 Å². The van der Waals surface area contributed by atoms with E-state index in [0.29, 0.717) is 13.1 Å². The molecule has 0 aromatic heterocycles. The molecule has 1 aromatic carbocycles. The number of carbonyl (C=O) groups is 2. The number of rotatable bonds is 7. The van der Waals surface area contributed by atoms with Crippen LogP contribution < -0.4 is 0 Å². The van der Waals surface area contributed by atoms with Gasteiger partial charge in [-0.25, -0.2) is 0 Å². The summed E-state index contributed by atoms with van der Waals surface area (Å²) in [5.74, 6) is -1.23. The highest BCUT2D eigenvalue weighted by Crippen LogP contribution is 2.08. The van der Waals surface area contributed by atoms with Crippen LogP contribution in [0.25, 0.3) is 0 Å². The van der Waals surface area contributed by atoms with Gasteiger partial charge in [-0.1, -0.05) is 30.3 Å². The van der Waals surface area contributed by atoms with Crippen LogP contribution in [0.3, 0.4) is 0 Å². The van der Waals surface area contributed by atoms with E-state index in [-0.39, 0.29) is 25.2 Å². The molecule has 0 fully saturated rings. The van der Waals surface area contributed by atoms with Crippen LogP contribution in [0.2, 0.25) is 0 Å². The molecule has 0 bridgehead atoms. The van der Waals surface area contributed by atoms with Gasteiger partial charge in [0.2, 0.25) is 5.91 Å². The molecule has 5 heteroatoms. The molecule has 0 heterocycles. The van der Waals surface area contributed by atoms with Gasteiger partial charge in [0.1, 0.15) is 0 Å². The van der Waals surface area contributed by atoms with Crippen molar-refractivity contribution in [1.82, 2.24) is 4.90 Å². The zero-order chi connectivity index (χ0) is 14.1. The first-order valence-electron chi connectivity index (χ1n) is 6.04. The molecule has 1 N–H and O–H groups in total. The molecule has 0 atom stereocenters. The normalized spacial score (nSPS) is 9.63. The number of carboxylic acid groups (broad SMARTS) is 1. The van der Waals surface area contributed by atoms with Crippen LogP contribution in [-0.2, 0) is 16.1 Å². The fraction of sp³-hybridized carbons (Fsp3) is 0.357. The Hall–Kier alpha value is -2.35. The Labute approximate surface area is 112 Å². The molecule has 1 aromatic rings. The Bertz CT molecular complexity index is 465. The number of nitrogens with zero attached hydrogens (tertiary/aromatic N) is 2. The molecular weight excluding hydrogens is 244 g/mol. The van der Waals surface area contributed by atoms with Gasteiger partial charge in [-0.15, -0.1) is 0 Å². The van der Waals surface area contributed by atoms with Crippen LogP contribution in [0.4, 0.5) is 0 Å². The van der Waals surface area contributed by atoms with Crippen molar-refractivity contribution >= 4 is 11.9 Å². The number of benzene rings is 1. The van der Waals surface area contributed by atoms with Crippen LogP contribution in [-0.4, -0.2) is 28.4 Å². The molecular formula is C14H16N2O3. The summed E-state index contributed by atoms with van der Waals surface area (Å²) in [6.07, 6.45) is 0.0237. The van der Waals surface area contributed by atoms with Crippen LogP contribution in [0.15, 0.2) is 30.3 Å². The lowest BCUT2D eigenvalue weighted by Crippen LogP contribution is -2.31. The molecule has 19 heavy (non-hydrogen) atoms. The van der Waals surface area contributed by atoms with Crippen molar-refractivity contribution in [2.45, 2.75) is 25.8 Å². The molecule has 0 saturated heterocycles. The predicted octanol–water partition coefficient (Wildman–Crippen LogP) is 1.79. The molecule has 0 radical (unpaired) electrons. The maximum absolute atomic E-state index is 11.9. The summed E-state index contributed by atoms with van der Waals surface area (Å²) < 4.78 is 0. The van der Waals surface area contributed by atoms with Crippen LogP contribution in [0, 0.1) is 11.3 Å². The first-order valence-corrected chi connectivity index (χ1v) is 6.04. The second-order valence-corrected chi connectivity index (χ2v) is 4.10. The fourth-order valence-electron chi connectivity index (χ4n) is 1.65. The first-order chi connectivity index (χ1) is 9.13. The van der Waals surface area contributed by atoms with E-state index < -0.39 is 5.97 Å². The minimum Gasteiger partial charge on any atom is -0.481 e. The van der Waals surface area contributed by atoms with Crippen molar-refractivity contribution in [2.75, 3.05) is 6.54 Å². The van der Waals surface area contributed by atoms with Gasteiger partial charge in [0.25, 0.3) is 0 Å². The molecule has 1 amide bonds. The van der Waals surface area contributed by atoms with E-state index in [1.807, 2.05) is 36.4 Å². The first kappa shape index (κ1) is 14.7. The van der Waals surface area contributed by atoms with Gasteiger partial charge in [0.05, 0.1) is 18.9 Å². The Kier molecular flexibility index (Phi) is 6.10. The van der Waals surface area contributed by atoms with Gasteiger partial charge < -0.3 is 10.0 Å². The predicted molar refractivity (Wildman–Crippen MR) is 69.0 cm³/mol. The number of hydrogen-bond donors (Lipinski definition) is 1. The largest absolute Gasteiger partial charge is 0.481 e. The summed E-state index contributed by atoms with van der Waals surface area (Å²) in [5.41, 5.74) is 0.962. The molecule has 0 aliphatic carbocycles. The lowest BCUT2D eigenvalue weighted by atomic mass is 10.2. The molecule has 0 spiro atoms. The lowest BCUT2D eigenvalue weighted by molar-refractivity contribution is -0.141. The van der Waals surface area contributed by atoms with E-state index in [0.717, 1.165) is 5.56 Å². The van der Waals surface area contributed by atoms with Crippen molar-refractivity contribution in [2.24, 2.45) is 0 Å². The molecule has 5 nitrogen and oxygen atoms in total. The summed E-state index contributed by atoms with van der Waals surface area (Å²) >= 11 is 0. The van der Waals surface area contributed by atoms with Gasteiger partial charge in [-0.2, -0.15) is 5.26 Å². The fourth-order valence-corrected chi connectivity index (χ4v) is 1.65. The smallest absolute Gasteiger partial charge is 0.303 e. The second-order valence-electron chi connectivity index (χ2n) is 4.10. The quantitative estimate of drug-likeness (QED) is 0.810. The second kappa shape index (κ2) is 7.88. The van der Waals surface area contributed by atoms with E-state index in [2.05, 4.69) is 0 Å². The minimum atomic E-state index is -0.992. The Morgan fingerprint density at radius 3 is 2.47 bits per heavy atom. The monoisotopic (exact) mass is 260 g/mol. The Morgan fingerprint density at radius 2 is 1.89 bits per heavy atom. The van der Waals surface area contributed by atoms with Crippen molar-refractivity contribution in [3.63, 3.8) is 0 Å². The van der Waals surface area contributed by atoms with Crippen molar-refractivity contribution in [1.29, 1.82) is 5.26 Å². The van der Waals surface area contributed by atoms with Crippen LogP contribution in [0.5, 0.6) is 0 Å². The molecule has 0 unspecified atom stereocenters. The summed E-state index contributed by atoms with van der Waals surface area (Å²) in [6, 6.07) is 11.4. The number of carboxylic acids is 1. The molecule has 100 valence electrons. The Morgan fingerprint density at radius 1 is 1.21 bits per heavy atom. The summed E-state index contributed by atoms with van der Waals surface area (Å²) in [7, 11) is 0. The van der Waals surface area contributed by atoms with Gasteiger partial charge >= 0.3 is 5.97 Å². The van der Waals surface area contributed by atoms with E-state index in [9.17, 15) is 9.59 Å². The maximum Gasteiger partial charge on any atom is 0.303 e. The van der Waals surface area contributed by atoms with Crippen molar-refractivity contribution in [3.8, 4) is 6.07 Å². The standard InChI is InChI=1S/C14H16N2O3/c15-9-4-10-16(13(17)7-8-14(18)19)11-12-5-2-1-3-6-12/h1-3,5-6H,4,7-8,10-11H2,(H,18,19). The highest BCUT2D eigenvalue weighted by Gasteiger charge is 2.14. The summed E-state index contributed by atoms with van der Waals surface area (Å²) in [4.78, 5) is 23.9. The third-order valence-electron chi connectivity index (χ3n) is 2.62. The number of amides is 1. The van der Waals surface area contributed by atoms with E-state index >= 15 is 0 Å². The topological polar surface area (TPSA) is 81.4 Å². The lowest BCUT2D eigenvalue weighted by Gasteiger charge is -2.21. The van der Waals surface area contributed by atoms with Crippen LogP contribution >= 0.6 is 0 Å². The SMILES string of the molecule is N#CCCN(Cc1ccccc1)C(=O)CCC(=O)O. The van der Waals surface area contributed by atoms with Crippen LogP contribution in [0.1, 0.15) is 24.8 Å². The van der Waals surface area contributed by atoms with E-state index in [1.54, 1.807) is 0 Å². The number of carbonyl (C=O) groups excluding carboxylic acids is 1. The third kappa shape index (κ3) is 5.68. The minimum absolute atomic E-state index is 0.0341. The average Bonchev–Trinajstić information content (AvgIpc) is 2.41. The highest BCUT2D eigenvalue weighted by atomic mass is 16.4. The maximum atomic E-state index is 11.9. The molecule has 0 aliphatic rings. The highest BCUT2D eigenvalue weighted by molar-refractivity contribution is 5.80. The number of aliphatic carboxylic acids is 1. The van der Waals surface area contributed by atoms with E-state index in [4.69, 9.17) is 10.4 Å². The average molecular weight is 260 g/mol. The number of nitriles is 1. The van der Waals surface area contributed by atoms with Crippen molar-refractivity contribution < 1.29 is 14.7 Å². The zero-order valence-electron chi connectivity index (χ0n) is 10.6. The zero-order valence-corrected chi connectivity index (χ0v) is 10.6. The molecule has 0 saturated carbocycles. The third-order valence-corrected chi connectivity index (χ3v) is 2.62. The van der Waals surface area contributed by atoms with Gasteiger partial charge in [-0.05, 0) is 5.56 Å². The molecule has 0 aliphatic heterocycles. The van der Waals surface area contributed by atoms with Crippen molar-refractivity contribution in [3.05, 3.63) is 35.9 Å². The van der Waals surface area contributed by atoms with E-state index in [1.165, 1.54) is 4.90 Å². The Balaban J connectivity index is 2.63. The van der Waals surface area contributed by atoms with Gasteiger partial charge in [0.15, 0.2) is 0 Å². The number of hydrogen-bond acceptors (Lipinski definition) is 3. The molecule has 1 rings (SSSR count). The summed E-state index contributed by atoms with van der Waals surface area (Å²) in [6.45, 7) is 0.727. The summed E-state index contributed by atoms with van der Waals surface area (Å²) in [5, 5.41) is 17.2.